The molecule has 2 N–H and O–H groups in total. The minimum Gasteiger partial charge on any atom is -0.383 e. The molecule has 5 nitrogen and oxygen atoms in total. The second-order valence-corrected chi connectivity index (χ2v) is 5.18. The van der Waals surface area contributed by atoms with Crippen LogP contribution in [0.1, 0.15) is 31.0 Å². The van der Waals surface area contributed by atoms with Crippen molar-refractivity contribution < 1.29 is 0 Å². The molecule has 3 rings (SSSR count). The Balaban J connectivity index is 2.15. The van der Waals surface area contributed by atoms with Crippen molar-refractivity contribution in [1.29, 1.82) is 0 Å². The van der Waals surface area contributed by atoms with Crippen molar-refractivity contribution in [2.24, 2.45) is 0 Å². The van der Waals surface area contributed by atoms with Crippen LogP contribution in [0, 0.1) is 6.92 Å². The van der Waals surface area contributed by atoms with Gasteiger partial charge >= 0.3 is 0 Å². The SMILES string of the molecule is Cc1nc(-c2cn3ccccc3n2)nc(N)c1C(C)C. The van der Waals surface area contributed by atoms with Gasteiger partial charge in [0.1, 0.15) is 17.2 Å². The van der Waals surface area contributed by atoms with Crippen LogP contribution < -0.4 is 5.73 Å². The Morgan fingerprint density at radius 2 is 1.95 bits per heavy atom. The van der Waals surface area contributed by atoms with Gasteiger partial charge in [-0.05, 0) is 25.0 Å². The number of anilines is 1. The largest absolute Gasteiger partial charge is 0.383 e. The fraction of sp³-hybridized carbons (Fsp3) is 0.267. The predicted molar refractivity (Wildman–Crippen MR) is 79.5 cm³/mol. The molecule has 0 aliphatic carbocycles. The van der Waals surface area contributed by atoms with Gasteiger partial charge in [-0.1, -0.05) is 19.9 Å². The van der Waals surface area contributed by atoms with Gasteiger partial charge in [0.15, 0.2) is 5.82 Å². The molecule has 0 aliphatic rings. The zero-order chi connectivity index (χ0) is 14.3. The van der Waals surface area contributed by atoms with E-state index >= 15 is 0 Å². The maximum Gasteiger partial charge on any atom is 0.182 e. The fourth-order valence-electron chi connectivity index (χ4n) is 2.47. The van der Waals surface area contributed by atoms with E-state index in [1.54, 1.807) is 0 Å². The molecule has 3 aromatic rings. The second kappa shape index (κ2) is 4.59. The summed E-state index contributed by atoms with van der Waals surface area (Å²) in [4.78, 5) is 13.5. The predicted octanol–water partition coefficient (Wildman–Crippen LogP) is 2.81. The Labute approximate surface area is 117 Å². The molecule has 0 bridgehead atoms. The summed E-state index contributed by atoms with van der Waals surface area (Å²) in [6.45, 7) is 6.14. The van der Waals surface area contributed by atoms with Crippen molar-refractivity contribution in [3.05, 3.63) is 41.9 Å². The third kappa shape index (κ3) is 2.01. The zero-order valence-electron chi connectivity index (χ0n) is 11.8. The highest BCUT2D eigenvalue weighted by molar-refractivity contribution is 5.59. The summed E-state index contributed by atoms with van der Waals surface area (Å²) in [5.74, 6) is 1.43. The molecule has 3 heterocycles. The lowest BCUT2D eigenvalue weighted by Gasteiger charge is -2.12. The van der Waals surface area contributed by atoms with Crippen molar-refractivity contribution in [1.82, 2.24) is 19.4 Å². The van der Waals surface area contributed by atoms with E-state index in [2.05, 4.69) is 28.8 Å². The number of hydrogen-bond donors (Lipinski definition) is 1. The van der Waals surface area contributed by atoms with E-state index < -0.39 is 0 Å². The molecule has 0 spiro atoms. The summed E-state index contributed by atoms with van der Waals surface area (Å²) >= 11 is 0. The first kappa shape index (κ1) is 12.6. The van der Waals surface area contributed by atoms with Crippen molar-refractivity contribution in [3.8, 4) is 11.5 Å². The Morgan fingerprint density at radius 1 is 1.15 bits per heavy atom. The van der Waals surface area contributed by atoms with Crippen LogP contribution in [-0.2, 0) is 0 Å². The minimum atomic E-state index is 0.310. The molecule has 3 aromatic heterocycles. The number of aromatic nitrogens is 4. The highest BCUT2D eigenvalue weighted by Crippen LogP contribution is 2.25. The van der Waals surface area contributed by atoms with Crippen LogP contribution in [0.25, 0.3) is 17.2 Å². The smallest absolute Gasteiger partial charge is 0.182 e. The van der Waals surface area contributed by atoms with Crippen LogP contribution in [0.2, 0.25) is 0 Å². The van der Waals surface area contributed by atoms with E-state index in [9.17, 15) is 0 Å². The highest BCUT2D eigenvalue weighted by Gasteiger charge is 2.15. The maximum absolute atomic E-state index is 6.07. The molecule has 0 amide bonds. The Kier molecular flexibility index (Phi) is 2.89. The van der Waals surface area contributed by atoms with Crippen LogP contribution in [0.15, 0.2) is 30.6 Å². The van der Waals surface area contributed by atoms with E-state index in [1.807, 2.05) is 41.9 Å². The molecule has 0 saturated carbocycles. The number of nitrogens with zero attached hydrogens (tertiary/aromatic N) is 4. The summed E-state index contributed by atoms with van der Waals surface area (Å²) in [5, 5.41) is 0. The molecule has 0 atom stereocenters. The fourth-order valence-corrected chi connectivity index (χ4v) is 2.47. The van der Waals surface area contributed by atoms with E-state index in [4.69, 9.17) is 5.73 Å². The van der Waals surface area contributed by atoms with Crippen molar-refractivity contribution in [2.75, 3.05) is 5.73 Å². The zero-order valence-corrected chi connectivity index (χ0v) is 11.8. The average molecular weight is 267 g/mol. The summed E-state index contributed by atoms with van der Waals surface area (Å²) in [7, 11) is 0. The third-order valence-corrected chi connectivity index (χ3v) is 3.34. The van der Waals surface area contributed by atoms with Gasteiger partial charge in [-0.25, -0.2) is 15.0 Å². The molecule has 0 aliphatic heterocycles. The summed E-state index contributed by atoms with van der Waals surface area (Å²) < 4.78 is 1.95. The number of hydrogen-bond acceptors (Lipinski definition) is 4. The maximum atomic E-state index is 6.07. The molecule has 0 unspecified atom stereocenters. The number of fused-ring (bicyclic) bond motifs is 1. The number of aryl methyl sites for hydroxylation is 1. The third-order valence-electron chi connectivity index (χ3n) is 3.34. The van der Waals surface area contributed by atoms with Gasteiger partial charge in [-0.15, -0.1) is 0 Å². The van der Waals surface area contributed by atoms with Crippen LogP contribution >= 0.6 is 0 Å². The van der Waals surface area contributed by atoms with E-state index in [0.717, 1.165) is 22.6 Å². The lowest BCUT2D eigenvalue weighted by molar-refractivity contribution is 0.836. The Bertz CT molecular complexity index is 717. The number of rotatable bonds is 2. The lowest BCUT2D eigenvalue weighted by Crippen LogP contribution is -2.06. The van der Waals surface area contributed by atoms with Gasteiger partial charge in [0.25, 0.3) is 0 Å². The molecule has 0 saturated heterocycles. The molecule has 0 aromatic carbocycles. The van der Waals surface area contributed by atoms with Crippen LogP contribution in [0.3, 0.4) is 0 Å². The second-order valence-electron chi connectivity index (χ2n) is 5.18. The molecular formula is C15H17N5. The molecule has 0 fully saturated rings. The van der Waals surface area contributed by atoms with E-state index in [-0.39, 0.29) is 0 Å². The molecule has 5 heteroatoms. The van der Waals surface area contributed by atoms with Gasteiger partial charge in [0.05, 0.1) is 0 Å². The first-order valence-electron chi connectivity index (χ1n) is 6.64. The summed E-state index contributed by atoms with van der Waals surface area (Å²) in [5.41, 5.74) is 9.60. The first-order chi connectivity index (χ1) is 9.56. The number of nitrogen functional groups attached to an aromatic ring is 1. The van der Waals surface area contributed by atoms with Crippen molar-refractivity contribution in [2.45, 2.75) is 26.7 Å². The van der Waals surface area contributed by atoms with Crippen LogP contribution in [0.5, 0.6) is 0 Å². The Morgan fingerprint density at radius 3 is 2.60 bits per heavy atom. The van der Waals surface area contributed by atoms with Gasteiger partial charge in [-0.3, -0.25) is 0 Å². The van der Waals surface area contributed by atoms with Crippen molar-refractivity contribution in [3.63, 3.8) is 0 Å². The van der Waals surface area contributed by atoms with Crippen LogP contribution in [-0.4, -0.2) is 19.4 Å². The molecule has 102 valence electrons. The van der Waals surface area contributed by atoms with E-state index in [0.29, 0.717) is 17.6 Å². The quantitative estimate of drug-likeness (QED) is 0.775. The van der Waals surface area contributed by atoms with Gasteiger partial charge < -0.3 is 10.1 Å². The summed E-state index contributed by atoms with van der Waals surface area (Å²) in [6, 6.07) is 5.86. The standard InChI is InChI=1S/C15H17N5/c1-9(2)13-10(3)17-15(19-14(13)16)11-8-20-7-5-4-6-12(20)18-11/h4-9H,1-3H3,(H2,16,17,19). The minimum absolute atomic E-state index is 0.310. The van der Waals surface area contributed by atoms with Gasteiger partial charge in [0, 0.05) is 23.7 Å². The number of pyridine rings is 1. The van der Waals surface area contributed by atoms with Gasteiger partial charge in [0.2, 0.25) is 0 Å². The number of nitrogens with two attached hydrogens (primary N) is 1. The number of imidazole rings is 1. The Hall–Kier alpha value is -2.43. The van der Waals surface area contributed by atoms with Crippen LogP contribution in [0.4, 0.5) is 5.82 Å². The first-order valence-corrected chi connectivity index (χ1v) is 6.64. The topological polar surface area (TPSA) is 69.1 Å². The molecule has 20 heavy (non-hydrogen) atoms. The van der Waals surface area contributed by atoms with Gasteiger partial charge in [-0.2, -0.15) is 0 Å². The lowest BCUT2D eigenvalue weighted by atomic mass is 10.0. The molecule has 0 radical (unpaired) electrons. The van der Waals surface area contributed by atoms with E-state index in [1.165, 1.54) is 0 Å². The monoisotopic (exact) mass is 267 g/mol. The normalized spacial score (nSPS) is 11.4. The highest BCUT2D eigenvalue weighted by atomic mass is 15.0. The average Bonchev–Trinajstić information content (AvgIpc) is 2.81. The molecular weight excluding hydrogens is 250 g/mol. The summed E-state index contributed by atoms with van der Waals surface area (Å²) in [6.07, 6.45) is 3.86. The van der Waals surface area contributed by atoms with Crippen molar-refractivity contribution >= 4 is 11.5 Å².